The van der Waals surface area contributed by atoms with Gasteiger partial charge in [-0.1, -0.05) is 29.8 Å². The third-order valence-corrected chi connectivity index (χ3v) is 3.63. The van der Waals surface area contributed by atoms with Gasteiger partial charge in [0.25, 0.3) is 5.91 Å². The third-order valence-electron chi connectivity index (χ3n) is 3.63. The van der Waals surface area contributed by atoms with Crippen LogP contribution in [0, 0.1) is 6.92 Å². The van der Waals surface area contributed by atoms with Crippen LogP contribution in [0.3, 0.4) is 0 Å². The Kier molecular flexibility index (Phi) is 7.02. The van der Waals surface area contributed by atoms with E-state index in [9.17, 15) is 9.59 Å². The maximum atomic E-state index is 12.0. The molecule has 0 unspecified atom stereocenters. The summed E-state index contributed by atoms with van der Waals surface area (Å²) in [5.74, 6) is 0.550. The minimum atomic E-state index is -0.757. The molecule has 2 N–H and O–H groups in total. The number of carbonyl (C=O) groups excluding carboxylic acids is 2. The fourth-order valence-electron chi connectivity index (χ4n) is 2.21. The van der Waals surface area contributed by atoms with E-state index >= 15 is 0 Å². The van der Waals surface area contributed by atoms with Crippen LogP contribution in [0.15, 0.2) is 48.5 Å². The summed E-state index contributed by atoms with van der Waals surface area (Å²) in [7, 11) is 0. The van der Waals surface area contributed by atoms with Gasteiger partial charge < -0.3 is 9.47 Å². The summed E-state index contributed by atoms with van der Waals surface area (Å²) in [5.41, 5.74) is 6.78. The molecule has 0 aromatic heterocycles. The maximum absolute atomic E-state index is 12.0. The number of carbonyl (C=O) groups is 2. The number of rotatable bonds is 7. The minimum Gasteiger partial charge on any atom is -0.494 e. The number of benzene rings is 2. The lowest BCUT2D eigenvalue weighted by atomic mass is 10.1. The summed E-state index contributed by atoms with van der Waals surface area (Å²) in [6, 6.07) is 14.6. The van der Waals surface area contributed by atoms with Crippen molar-refractivity contribution in [3.05, 3.63) is 59.7 Å². The van der Waals surface area contributed by atoms with Crippen LogP contribution in [0.2, 0.25) is 0 Å². The molecule has 1 atom stereocenters. The second-order valence-corrected chi connectivity index (χ2v) is 5.86. The van der Waals surface area contributed by atoms with Gasteiger partial charge in [-0.05, 0) is 50.6 Å². The minimum absolute atomic E-state index is 0.189. The van der Waals surface area contributed by atoms with Crippen molar-refractivity contribution in [1.29, 1.82) is 0 Å². The average molecular weight is 356 g/mol. The molecule has 2 aromatic rings. The molecule has 0 heterocycles. The van der Waals surface area contributed by atoms with Crippen LogP contribution in [0.4, 0.5) is 0 Å². The van der Waals surface area contributed by atoms with Crippen molar-refractivity contribution in [2.75, 3.05) is 6.61 Å². The summed E-state index contributed by atoms with van der Waals surface area (Å²) in [6.07, 6.45) is -0.568. The average Bonchev–Trinajstić information content (AvgIpc) is 2.63. The number of ether oxygens (including phenoxy) is 2. The maximum Gasteiger partial charge on any atom is 0.279 e. The zero-order chi connectivity index (χ0) is 18.9. The van der Waals surface area contributed by atoms with Gasteiger partial charge in [0.05, 0.1) is 13.0 Å². The van der Waals surface area contributed by atoms with Crippen LogP contribution in [0.5, 0.6) is 11.5 Å². The van der Waals surface area contributed by atoms with Crippen LogP contribution < -0.4 is 20.3 Å². The van der Waals surface area contributed by atoms with Gasteiger partial charge in [-0.25, -0.2) is 0 Å². The number of amides is 2. The Morgan fingerprint density at radius 2 is 1.58 bits per heavy atom. The Bertz CT molecular complexity index is 726. The van der Waals surface area contributed by atoms with E-state index in [0.29, 0.717) is 12.4 Å². The molecule has 138 valence electrons. The smallest absolute Gasteiger partial charge is 0.279 e. The second kappa shape index (κ2) is 9.46. The summed E-state index contributed by atoms with van der Waals surface area (Å²) in [4.78, 5) is 23.9. The van der Waals surface area contributed by atoms with Crippen LogP contribution in [-0.2, 0) is 16.0 Å². The van der Waals surface area contributed by atoms with Crippen LogP contribution >= 0.6 is 0 Å². The molecule has 0 aliphatic heterocycles. The molecule has 26 heavy (non-hydrogen) atoms. The predicted molar refractivity (Wildman–Crippen MR) is 98.9 cm³/mol. The first-order chi connectivity index (χ1) is 12.5. The van der Waals surface area contributed by atoms with Crippen LogP contribution in [0.1, 0.15) is 25.0 Å². The number of hydrogen-bond acceptors (Lipinski definition) is 4. The molecular weight excluding hydrogens is 332 g/mol. The van der Waals surface area contributed by atoms with E-state index in [-0.39, 0.29) is 12.3 Å². The summed E-state index contributed by atoms with van der Waals surface area (Å²) >= 11 is 0. The monoisotopic (exact) mass is 356 g/mol. The highest BCUT2D eigenvalue weighted by molar-refractivity contribution is 5.85. The summed E-state index contributed by atoms with van der Waals surface area (Å²) in [6.45, 7) is 6.08. The zero-order valence-electron chi connectivity index (χ0n) is 15.2. The topological polar surface area (TPSA) is 76.7 Å². The fourth-order valence-corrected chi connectivity index (χ4v) is 2.21. The largest absolute Gasteiger partial charge is 0.494 e. The van der Waals surface area contributed by atoms with E-state index in [0.717, 1.165) is 16.9 Å². The molecule has 0 aliphatic carbocycles. The van der Waals surface area contributed by atoms with Gasteiger partial charge in [0.1, 0.15) is 11.5 Å². The van der Waals surface area contributed by atoms with E-state index in [1.165, 1.54) is 0 Å². The Hall–Kier alpha value is -3.02. The number of hydrogen-bond donors (Lipinski definition) is 2. The Balaban J connectivity index is 1.77. The van der Waals surface area contributed by atoms with E-state index in [1.54, 1.807) is 31.2 Å². The van der Waals surface area contributed by atoms with E-state index < -0.39 is 12.0 Å². The quantitative estimate of drug-likeness (QED) is 0.748. The highest BCUT2D eigenvalue weighted by Crippen LogP contribution is 2.18. The number of nitrogens with one attached hydrogen (secondary N) is 2. The SMILES string of the molecule is CCOc1ccc(O[C@H](C)C(=O)NNC(=O)Cc2ccc(C)cc2)cc1. The second-order valence-electron chi connectivity index (χ2n) is 5.86. The van der Waals surface area contributed by atoms with Gasteiger partial charge in [-0.2, -0.15) is 0 Å². The van der Waals surface area contributed by atoms with Gasteiger partial charge >= 0.3 is 0 Å². The molecule has 6 nitrogen and oxygen atoms in total. The van der Waals surface area contributed by atoms with Gasteiger partial charge in [0, 0.05) is 0 Å². The Morgan fingerprint density at radius 3 is 2.19 bits per heavy atom. The van der Waals surface area contributed by atoms with Crippen molar-refractivity contribution < 1.29 is 19.1 Å². The molecule has 0 fully saturated rings. The standard InChI is InChI=1S/C20H24N2O4/c1-4-25-17-9-11-18(12-10-17)26-15(3)20(24)22-21-19(23)13-16-7-5-14(2)6-8-16/h5-12,15H,4,13H2,1-3H3,(H,21,23)(H,22,24)/t15-/m1/s1. The zero-order valence-corrected chi connectivity index (χ0v) is 15.2. The summed E-state index contributed by atoms with van der Waals surface area (Å²) < 4.78 is 10.9. The molecule has 2 rings (SSSR count). The molecule has 0 bridgehead atoms. The first kappa shape index (κ1) is 19.3. The highest BCUT2D eigenvalue weighted by Gasteiger charge is 2.15. The van der Waals surface area contributed by atoms with Crippen molar-refractivity contribution in [3.63, 3.8) is 0 Å². The van der Waals surface area contributed by atoms with Gasteiger partial charge in [0.2, 0.25) is 5.91 Å². The highest BCUT2D eigenvalue weighted by atomic mass is 16.5. The van der Waals surface area contributed by atoms with Crippen molar-refractivity contribution >= 4 is 11.8 Å². The van der Waals surface area contributed by atoms with E-state index in [2.05, 4.69) is 10.9 Å². The van der Waals surface area contributed by atoms with Crippen molar-refractivity contribution in [2.24, 2.45) is 0 Å². The molecule has 6 heteroatoms. The van der Waals surface area contributed by atoms with E-state index in [4.69, 9.17) is 9.47 Å². The molecular formula is C20H24N2O4. The number of aryl methyl sites for hydroxylation is 1. The van der Waals surface area contributed by atoms with Gasteiger partial charge in [0.15, 0.2) is 6.10 Å². The lowest BCUT2D eigenvalue weighted by Gasteiger charge is -2.15. The summed E-state index contributed by atoms with van der Waals surface area (Å²) in [5, 5.41) is 0. The van der Waals surface area contributed by atoms with Gasteiger partial charge in [-0.3, -0.25) is 20.4 Å². The van der Waals surface area contributed by atoms with Crippen molar-refractivity contribution in [1.82, 2.24) is 10.9 Å². The van der Waals surface area contributed by atoms with Crippen LogP contribution in [0.25, 0.3) is 0 Å². The molecule has 0 saturated heterocycles. The molecule has 0 spiro atoms. The van der Waals surface area contributed by atoms with E-state index in [1.807, 2.05) is 38.1 Å². The molecule has 0 saturated carbocycles. The lowest BCUT2D eigenvalue weighted by molar-refractivity contribution is -0.132. The number of hydrazine groups is 1. The molecule has 0 aliphatic rings. The molecule has 2 amide bonds. The third kappa shape index (κ3) is 6.12. The first-order valence-corrected chi connectivity index (χ1v) is 8.51. The molecule has 2 aromatic carbocycles. The predicted octanol–water partition coefficient (Wildman–Crippen LogP) is 2.55. The first-order valence-electron chi connectivity index (χ1n) is 8.51. The van der Waals surface area contributed by atoms with Gasteiger partial charge in [-0.15, -0.1) is 0 Å². The Morgan fingerprint density at radius 1 is 0.962 bits per heavy atom. The van der Waals surface area contributed by atoms with Crippen molar-refractivity contribution in [2.45, 2.75) is 33.3 Å². The fraction of sp³-hybridized carbons (Fsp3) is 0.300. The lowest BCUT2D eigenvalue weighted by Crippen LogP contribution is -2.47. The normalized spacial score (nSPS) is 11.3. The van der Waals surface area contributed by atoms with Crippen molar-refractivity contribution in [3.8, 4) is 11.5 Å². The molecule has 0 radical (unpaired) electrons. The van der Waals surface area contributed by atoms with Crippen LogP contribution in [-0.4, -0.2) is 24.5 Å². The Labute approximate surface area is 153 Å².